The molecule has 0 rings (SSSR count). The first-order valence-corrected chi connectivity index (χ1v) is 2.76. The van der Waals surface area contributed by atoms with Crippen LogP contribution in [0.3, 0.4) is 0 Å². The molecule has 0 aromatic carbocycles. The normalized spacial score (nSPS) is 13.0. The highest BCUT2D eigenvalue weighted by Crippen LogP contribution is 2.05. The highest BCUT2D eigenvalue weighted by atomic mass is 35.5. The molecular weight excluding hydrogens is 134 g/mol. The molecular formula is C3H6ClO2P. The molecule has 0 saturated carbocycles. The van der Waals surface area contributed by atoms with Crippen molar-refractivity contribution in [2.75, 3.05) is 7.11 Å². The number of halogens is 1. The smallest absolute Gasteiger partial charge is 0.327 e. The third-order valence-electron chi connectivity index (χ3n) is 0.426. The molecule has 0 radical (unpaired) electrons. The van der Waals surface area contributed by atoms with Gasteiger partial charge in [0, 0.05) is 0 Å². The maximum atomic E-state index is 10.1. The van der Waals surface area contributed by atoms with Crippen molar-refractivity contribution in [2.45, 2.75) is 5.12 Å². The van der Waals surface area contributed by atoms with Gasteiger partial charge in [-0.3, -0.25) is 4.79 Å². The maximum absolute atomic E-state index is 10.1. The standard InChI is InChI=1S/C3H6ClO2P/c1-6-3(5)2(4)7/h2H,7H2,1H3. The molecule has 0 aliphatic heterocycles. The second kappa shape index (κ2) is 3.23. The van der Waals surface area contributed by atoms with Gasteiger partial charge in [0.1, 0.15) is 5.12 Å². The Morgan fingerprint density at radius 3 is 2.43 bits per heavy atom. The van der Waals surface area contributed by atoms with Crippen molar-refractivity contribution in [1.29, 1.82) is 0 Å². The number of ether oxygens (including phenoxy) is 1. The third-order valence-corrected chi connectivity index (χ3v) is 0.877. The predicted molar refractivity (Wildman–Crippen MR) is 31.4 cm³/mol. The van der Waals surface area contributed by atoms with Gasteiger partial charge >= 0.3 is 5.97 Å². The number of alkyl halides is 1. The monoisotopic (exact) mass is 140 g/mol. The lowest BCUT2D eigenvalue weighted by molar-refractivity contribution is -0.138. The molecule has 0 aliphatic rings. The van der Waals surface area contributed by atoms with Gasteiger partial charge in [-0.25, -0.2) is 0 Å². The van der Waals surface area contributed by atoms with Gasteiger partial charge in [-0.2, -0.15) is 0 Å². The number of methoxy groups -OCH3 is 1. The van der Waals surface area contributed by atoms with E-state index in [2.05, 4.69) is 14.0 Å². The summed E-state index contributed by atoms with van der Waals surface area (Å²) in [6.07, 6.45) is 0. The summed E-state index contributed by atoms with van der Waals surface area (Å²) >= 11 is 5.22. The van der Waals surface area contributed by atoms with Crippen molar-refractivity contribution < 1.29 is 9.53 Å². The Bertz CT molecular complexity index is 73.3. The van der Waals surface area contributed by atoms with Crippen molar-refractivity contribution in [3.8, 4) is 0 Å². The summed E-state index contributed by atoms with van der Waals surface area (Å²) < 4.78 is 4.22. The first-order chi connectivity index (χ1) is 3.18. The van der Waals surface area contributed by atoms with Gasteiger partial charge in [0.25, 0.3) is 0 Å². The van der Waals surface area contributed by atoms with E-state index in [1.165, 1.54) is 7.11 Å². The zero-order chi connectivity index (χ0) is 5.86. The van der Waals surface area contributed by atoms with E-state index in [1.807, 2.05) is 0 Å². The van der Waals surface area contributed by atoms with Gasteiger partial charge in [-0.05, 0) is 0 Å². The zero-order valence-corrected chi connectivity index (χ0v) is 5.76. The average Bonchev–Trinajstić information content (AvgIpc) is 1.65. The Labute approximate surface area is 49.4 Å². The molecule has 0 bridgehead atoms. The highest BCUT2D eigenvalue weighted by molar-refractivity contribution is 7.23. The number of hydrogen-bond acceptors (Lipinski definition) is 2. The summed E-state index contributed by atoms with van der Waals surface area (Å²) in [5.41, 5.74) is 0. The van der Waals surface area contributed by atoms with Crippen molar-refractivity contribution in [3.63, 3.8) is 0 Å². The predicted octanol–water partition coefficient (Wildman–Crippen LogP) is 0.599. The summed E-state index contributed by atoms with van der Waals surface area (Å²) in [5, 5.41) is -0.606. The quantitative estimate of drug-likeness (QED) is 0.303. The second-order valence-electron chi connectivity index (χ2n) is 0.925. The van der Waals surface area contributed by atoms with E-state index >= 15 is 0 Å². The van der Waals surface area contributed by atoms with Gasteiger partial charge < -0.3 is 4.74 Å². The Balaban J connectivity index is 3.35. The molecule has 0 N–H and O–H groups in total. The summed E-state index contributed by atoms with van der Waals surface area (Å²) in [6.45, 7) is 0. The first kappa shape index (κ1) is 7.19. The van der Waals surface area contributed by atoms with E-state index < -0.39 is 11.1 Å². The zero-order valence-electron chi connectivity index (χ0n) is 3.85. The lowest BCUT2D eigenvalue weighted by atomic mass is 10.8. The molecule has 0 spiro atoms. The fraction of sp³-hybridized carbons (Fsp3) is 0.667. The van der Waals surface area contributed by atoms with Crippen LogP contribution in [0.4, 0.5) is 0 Å². The molecule has 42 valence electrons. The van der Waals surface area contributed by atoms with Crippen LogP contribution < -0.4 is 0 Å². The Morgan fingerprint density at radius 1 is 2.00 bits per heavy atom. The molecule has 2 unspecified atom stereocenters. The molecule has 0 aliphatic carbocycles. The van der Waals surface area contributed by atoms with Crippen LogP contribution >= 0.6 is 20.8 Å². The van der Waals surface area contributed by atoms with Crippen molar-refractivity contribution in [2.24, 2.45) is 0 Å². The SMILES string of the molecule is COC(=O)C(P)Cl. The minimum atomic E-state index is -0.606. The van der Waals surface area contributed by atoms with Crippen LogP contribution in [-0.2, 0) is 9.53 Å². The van der Waals surface area contributed by atoms with E-state index in [9.17, 15) is 4.79 Å². The molecule has 0 saturated heterocycles. The third kappa shape index (κ3) is 2.84. The summed E-state index contributed by atoms with van der Waals surface area (Å²) in [6, 6.07) is 0. The molecule has 7 heavy (non-hydrogen) atoms. The topological polar surface area (TPSA) is 26.3 Å². The number of hydrogen-bond donors (Lipinski definition) is 0. The van der Waals surface area contributed by atoms with Crippen LogP contribution in [0.5, 0.6) is 0 Å². The minimum absolute atomic E-state index is 0.424. The van der Waals surface area contributed by atoms with Gasteiger partial charge in [0.15, 0.2) is 0 Å². The summed E-state index contributed by atoms with van der Waals surface area (Å²) in [4.78, 5) is 10.1. The number of rotatable bonds is 1. The van der Waals surface area contributed by atoms with Crippen LogP contribution in [0.15, 0.2) is 0 Å². The number of carbonyl (C=O) groups excluding carboxylic acids is 1. The molecule has 2 nitrogen and oxygen atoms in total. The van der Waals surface area contributed by atoms with Crippen LogP contribution in [0.2, 0.25) is 0 Å². The van der Waals surface area contributed by atoms with Crippen LogP contribution in [0.1, 0.15) is 0 Å². The van der Waals surface area contributed by atoms with Crippen molar-refractivity contribution in [3.05, 3.63) is 0 Å². The van der Waals surface area contributed by atoms with E-state index in [0.717, 1.165) is 0 Å². The number of carbonyl (C=O) groups is 1. The first-order valence-electron chi connectivity index (χ1n) is 1.66. The Hall–Kier alpha value is 0.190. The van der Waals surface area contributed by atoms with Gasteiger partial charge in [-0.1, -0.05) is 0 Å². The van der Waals surface area contributed by atoms with Crippen LogP contribution in [0.25, 0.3) is 0 Å². The molecule has 0 heterocycles. The minimum Gasteiger partial charge on any atom is -0.468 e. The molecule has 2 atom stereocenters. The molecule has 4 heteroatoms. The van der Waals surface area contributed by atoms with Gasteiger partial charge in [0.2, 0.25) is 0 Å². The van der Waals surface area contributed by atoms with Gasteiger partial charge in [0.05, 0.1) is 7.11 Å². The van der Waals surface area contributed by atoms with E-state index in [4.69, 9.17) is 11.6 Å². The molecule has 0 amide bonds. The summed E-state index contributed by atoms with van der Waals surface area (Å²) in [5.74, 6) is -0.424. The highest BCUT2D eigenvalue weighted by Gasteiger charge is 2.06. The lowest BCUT2D eigenvalue weighted by Gasteiger charge is -1.95. The Morgan fingerprint density at radius 2 is 2.43 bits per heavy atom. The summed E-state index contributed by atoms with van der Waals surface area (Å²) in [7, 11) is 3.40. The van der Waals surface area contributed by atoms with Crippen molar-refractivity contribution in [1.82, 2.24) is 0 Å². The van der Waals surface area contributed by atoms with Crippen LogP contribution in [0, 0.1) is 0 Å². The van der Waals surface area contributed by atoms with Gasteiger partial charge in [-0.15, -0.1) is 20.8 Å². The second-order valence-corrected chi connectivity index (χ2v) is 2.48. The fourth-order valence-electron chi connectivity index (χ4n) is 0.113. The average molecular weight is 141 g/mol. The molecule has 0 aromatic heterocycles. The van der Waals surface area contributed by atoms with E-state index in [0.29, 0.717) is 0 Å². The number of esters is 1. The maximum Gasteiger partial charge on any atom is 0.327 e. The largest absolute Gasteiger partial charge is 0.468 e. The van der Waals surface area contributed by atoms with Crippen molar-refractivity contribution >= 4 is 26.8 Å². The lowest BCUT2D eigenvalue weighted by Crippen LogP contribution is -2.07. The fourth-order valence-corrected chi connectivity index (χ4v) is 0.338. The Kier molecular flexibility index (Phi) is 3.31. The molecule has 0 aromatic rings. The van der Waals surface area contributed by atoms with E-state index in [1.54, 1.807) is 0 Å². The van der Waals surface area contributed by atoms with E-state index in [-0.39, 0.29) is 0 Å². The van der Waals surface area contributed by atoms with Crippen LogP contribution in [-0.4, -0.2) is 18.2 Å². The molecule has 0 fully saturated rings.